The van der Waals surface area contributed by atoms with E-state index in [-0.39, 0.29) is 24.0 Å². The topological polar surface area (TPSA) is 54.9 Å². The van der Waals surface area contributed by atoms with Crippen molar-refractivity contribution in [3.63, 3.8) is 0 Å². The molecule has 2 aromatic carbocycles. The van der Waals surface area contributed by atoms with Gasteiger partial charge in [0.05, 0.1) is 19.8 Å². The zero-order chi connectivity index (χ0) is 20.6. The first-order valence-electron chi connectivity index (χ1n) is 10.6. The number of halogens is 1. The summed E-state index contributed by atoms with van der Waals surface area (Å²) in [6, 6.07) is 18.7. The van der Waals surface area contributed by atoms with E-state index in [0.717, 1.165) is 45.1 Å². The van der Waals surface area contributed by atoms with E-state index in [4.69, 9.17) is 14.5 Å². The molecular formula is C24H36IN3O2. The molecule has 2 N–H and O–H groups in total. The summed E-state index contributed by atoms with van der Waals surface area (Å²) in [7, 11) is 0. The molecular weight excluding hydrogens is 489 g/mol. The molecule has 0 unspecified atom stereocenters. The van der Waals surface area contributed by atoms with Crippen molar-refractivity contribution in [2.75, 3.05) is 26.3 Å². The molecule has 0 spiro atoms. The van der Waals surface area contributed by atoms with Gasteiger partial charge in [-0.1, -0.05) is 54.6 Å². The van der Waals surface area contributed by atoms with Crippen LogP contribution in [0, 0.1) is 0 Å². The third kappa shape index (κ3) is 11.5. The second kappa shape index (κ2) is 17.1. The van der Waals surface area contributed by atoms with Gasteiger partial charge in [0.1, 0.15) is 0 Å². The Labute approximate surface area is 198 Å². The SMILES string of the molecule is CCNC(=NCc1cccc(COCc2ccccc2)c1)NCCCCOCC.I. The van der Waals surface area contributed by atoms with Crippen molar-refractivity contribution in [1.82, 2.24) is 10.6 Å². The Bertz CT molecular complexity index is 711. The number of unbranched alkanes of at least 4 members (excludes halogenated alkanes) is 1. The van der Waals surface area contributed by atoms with E-state index in [1.54, 1.807) is 0 Å². The molecule has 2 aromatic rings. The molecule has 0 heterocycles. The summed E-state index contributed by atoms with van der Waals surface area (Å²) in [5.74, 6) is 0.856. The van der Waals surface area contributed by atoms with Gasteiger partial charge in [0.2, 0.25) is 0 Å². The maximum absolute atomic E-state index is 5.85. The van der Waals surface area contributed by atoms with Crippen LogP contribution >= 0.6 is 24.0 Å². The smallest absolute Gasteiger partial charge is 0.191 e. The van der Waals surface area contributed by atoms with E-state index in [9.17, 15) is 0 Å². The zero-order valence-corrected chi connectivity index (χ0v) is 20.6. The standard InChI is InChI=1S/C24H35N3O2.HI/c1-3-25-24(26-15-8-9-16-28-4-2)27-18-22-13-10-14-23(17-22)20-29-19-21-11-6-5-7-12-21;/h5-7,10-14,17H,3-4,8-9,15-16,18-20H2,1-2H3,(H2,25,26,27);1H. The molecule has 0 fully saturated rings. The van der Waals surface area contributed by atoms with E-state index >= 15 is 0 Å². The molecule has 0 saturated carbocycles. The van der Waals surface area contributed by atoms with E-state index in [1.807, 2.05) is 25.1 Å². The highest BCUT2D eigenvalue weighted by Crippen LogP contribution is 2.10. The van der Waals surface area contributed by atoms with E-state index in [2.05, 4.69) is 54.0 Å². The molecule has 0 aromatic heterocycles. The molecule has 5 nitrogen and oxygen atoms in total. The fourth-order valence-corrected chi connectivity index (χ4v) is 2.87. The van der Waals surface area contributed by atoms with Crippen LogP contribution in [-0.2, 0) is 29.2 Å². The fraction of sp³-hybridized carbons (Fsp3) is 0.458. The number of hydrogen-bond donors (Lipinski definition) is 2. The summed E-state index contributed by atoms with van der Waals surface area (Å²) < 4.78 is 11.2. The molecule has 0 saturated heterocycles. The summed E-state index contributed by atoms with van der Waals surface area (Å²) in [4.78, 5) is 4.71. The first-order valence-corrected chi connectivity index (χ1v) is 10.6. The summed E-state index contributed by atoms with van der Waals surface area (Å²) in [5.41, 5.74) is 3.54. The van der Waals surface area contributed by atoms with Crippen LogP contribution in [0.3, 0.4) is 0 Å². The summed E-state index contributed by atoms with van der Waals surface area (Å²) in [6.07, 6.45) is 2.13. The lowest BCUT2D eigenvalue weighted by atomic mass is 10.1. The minimum atomic E-state index is 0. The second-order valence-corrected chi connectivity index (χ2v) is 6.82. The van der Waals surface area contributed by atoms with Crippen molar-refractivity contribution in [2.24, 2.45) is 4.99 Å². The monoisotopic (exact) mass is 525 g/mol. The first kappa shape index (κ1) is 26.4. The Morgan fingerprint density at radius 2 is 1.57 bits per heavy atom. The minimum Gasteiger partial charge on any atom is -0.382 e. The largest absolute Gasteiger partial charge is 0.382 e. The molecule has 166 valence electrons. The van der Waals surface area contributed by atoms with Gasteiger partial charge in [-0.15, -0.1) is 24.0 Å². The highest BCUT2D eigenvalue weighted by Gasteiger charge is 2.00. The van der Waals surface area contributed by atoms with Crippen LogP contribution in [0.2, 0.25) is 0 Å². The number of hydrogen-bond acceptors (Lipinski definition) is 3. The zero-order valence-electron chi connectivity index (χ0n) is 18.2. The lowest BCUT2D eigenvalue weighted by Gasteiger charge is -2.11. The van der Waals surface area contributed by atoms with Gasteiger partial charge in [0.15, 0.2) is 5.96 Å². The Morgan fingerprint density at radius 1 is 0.833 bits per heavy atom. The van der Waals surface area contributed by atoms with Crippen molar-refractivity contribution in [3.05, 3.63) is 71.3 Å². The van der Waals surface area contributed by atoms with Crippen molar-refractivity contribution in [1.29, 1.82) is 0 Å². The molecule has 30 heavy (non-hydrogen) atoms. The molecule has 6 heteroatoms. The lowest BCUT2D eigenvalue weighted by molar-refractivity contribution is 0.107. The van der Waals surface area contributed by atoms with Gasteiger partial charge in [0, 0.05) is 26.3 Å². The highest BCUT2D eigenvalue weighted by atomic mass is 127. The predicted octanol–water partition coefficient (Wildman–Crippen LogP) is 4.89. The lowest BCUT2D eigenvalue weighted by Crippen LogP contribution is -2.37. The fourth-order valence-electron chi connectivity index (χ4n) is 2.87. The maximum Gasteiger partial charge on any atom is 0.191 e. The van der Waals surface area contributed by atoms with Crippen LogP contribution in [0.1, 0.15) is 43.4 Å². The van der Waals surface area contributed by atoms with Crippen LogP contribution in [0.4, 0.5) is 0 Å². The number of nitrogens with zero attached hydrogens (tertiary/aromatic N) is 1. The van der Waals surface area contributed by atoms with Crippen molar-refractivity contribution >= 4 is 29.9 Å². The summed E-state index contributed by atoms with van der Waals surface area (Å²) in [5, 5.41) is 6.70. The number of guanidine groups is 1. The Hall–Kier alpha value is -1.64. The van der Waals surface area contributed by atoms with Gasteiger partial charge in [0.25, 0.3) is 0 Å². The van der Waals surface area contributed by atoms with Crippen LogP contribution in [0.25, 0.3) is 0 Å². The Morgan fingerprint density at radius 3 is 2.33 bits per heavy atom. The predicted molar refractivity (Wildman–Crippen MR) is 135 cm³/mol. The quantitative estimate of drug-likeness (QED) is 0.169. The van der Waals surface area contributed by atoms with Gasteiger partial charge in [-0.25, -0.2) is 4.99 Å². The number of nitrogens with one attached hydrogen (secondary N) is 2. The van der Waals surface area contributed by atoms with E-state index < -0.39 is 0 Å². The van der Waals surface area contributed by atoms with Crippen LogP contribution in [0.15, 0.2) is 59.6 Å². The van der Waals surface area contributed by atoms with Gasteiger partial charge >= 0.3 is 0 Å². The number of aliphatic imine (C=N–C) groups is 1. The van der Waals surface area contributed by atoms with Crippen LogP contribution in [-0.4, -0.2) is 32.3 Å². The summed E-state index contributed by atoms with van der Waals surface area (Å²) in [6.45, 7) is 9.32. The molecule has 0 radical (unpaired) electrons. The average Bonchev–Trinajstić information content (AvgIpc) is 2.75. The Kier molecular flexibility index (Phi) is 15.0. The van der Waals surface area contributed by atoms with Gasteiger partial charge < -0.3 is 20.1 Å². The van der Waals surface area contributed by atoms with Crippen LogP contribution < -0.4 is 10.6 Å². The normalized spacial score (nSPS) is 11.1. The number of ether oxygens (including phenoxy) is 2. The number of rotatable bonds is 13. The van der Waals surface area contributed by atoms with Crippen LogP contribution in [0.5, 0.6) is 0 Å². The third-order valence-corrected chi connectivity index (χ3v) is 4.35. The molecule has 0 aliphatic rings. The van der Waals surface area contributed by atoms with Crippen molar-refractivity contribution in [3.8, 4) is 0 Å². The molecule has 2 rings (SSSR count). The minimum absolute atomic E-state index is 0. The van der Waals surface area contributed by atoms with Gasteiger partial charge in [-0.2, -0.15) is 0 Å². The molecule has 0 aliphatic carbocycles. The van der Waals surface area contributed by atoms with E-state index in [1.165, 1.54) is 16.7 Å². The highest BCUT2D eigenvalue weighted by molar-refractivity contribution is 14.0. The molecule has 0 amide bonds. The molecule has 0 bridgehead atoms. The maximum atomic E-state index is 5.85. The molecule has 0 aliphatic heterocycles. The summed E-state index contributed by atoms with van der Waals surface area (Å²) >= 11 is 0. The first-order chi connectivity index (χ1) is 14.3. The second-order valence-electron chi connectivity index (χ2n) is 6.82. The molecule has 0 atom stereocenters. The van der Waals surface area contributed by atoms with Crippen molar-refractivity contribution in [2.45, 2.75) is 46.4 Å². The van der Waals surface area contributed by atoms with Gasteiger partial charge in [-0.3, -0.25) is 0 Å². The van der Waals surface area contributed by atoms with E-state index in [0.29, 0.717) is 19.8 Å². The number of benzene rings is 2. The van der Waals surface area contributed by atoms with Gasteiger partial charge in [-0.05, 0) is 43.4 Å². The average molecular weight is 525 g/mol. The Balaban J connectivity index is 0.00000450. The van der Waals surface area contributed by atoms with Crippen molar-refractivity contribution < 1.29 is 9.47 Å². The third-order valence-electron chi connectivity index (χ3n) is 4.35.